The van der Waals surface area contributed by atoms with Crippen LogP contribution in [0.3, 0.4) is 0 Å². The van der Waals surface area contributed by atoms with Gasteiger partial charge in [-0.05, 0) is 47.9 Å². The van der Waals surface area contributed by atoms with Crippen molar-refractivity contribution in [2.75, 3.05) is 10.0 Å². The second kappa shape index (κ2) is 8.85. The van der Waals surface area contributed by atoms with E-state index >= 15 is 0 Å². The summed E-state index contributed by atoms with van der Waals surface area (Å²) in [5, 5.41) is 4.07. The maximum absolute atomic E-state index is 13.2. The van der Waals surface area contributed by atoms with Crippen molar-refractivity contribution in [3.05, 3.63) is 102 Å². The molecule has 162 valence electrons. The van der Waals surface area contributed by atoms with E-state index in [2.05, 4.69) is 23.9 Å². The van der Waals surface area contributed by atoms with Gasteiger partial charge in [0, 0.05) is 27.7 Å². The van der Waals surface area contributed by atoms with Crippen LogP contribution in [0.15, 0.2) is 95.9 Å². The van der Waals surface area contributed by atoms with Gasteiger partial charge in [-0.2, -0.15) is 0 Å². The predicted molar refractivity (Wildman–Crippen MR) is 130 cm³/mol. The molecule has 4 rings (SSSR count). The maximum atomic E-state index is 13.2. The van der Waals surface area contributed by atoms with Crippen LogP contribution < -0.4 is 10.0 Å². The van der Waals surface area contributed by atoms with E-state index in [0.29, 0.717) is 33.6 Å². The van der Waals surface area contributed by atoms with E-state index in [1.165, 1.54) is 0 Å². The summed E-state index contributed by atoms with van der Waals surface area (Å²) < 4.78 is 29.0. The molecule has 32 heavy (non-hydrogen) atoms. The van der Waals surface area contributed by atoms with Gasteiger partial charge in [-0.15, -0.1) is 0 Å². The van der Waals surface area contributed by atoms with Crippen molar-refractivity contribution in [1.82, 2.24) is 0 Å². The molecular weight excluding hydrogens is 420 g/mol. The third-order valence-corrected chi connectivity index (χ3v) is 6.72. The number of nitrogens with one attached hydrogen (secondary N) is 2. The number of hydrogen-bond donors (Lipinski definition) is 2. The van der Waals surface area contributed by atoms with Gasteiger partial charge in [-0.25, -0.2) is 8.42 Å². The van der Waals surface area contributed by atoms with Crippen LogP contribution in [0.2, 0.25) is 0 Å². The number of anilines is 2. The van der Waals surface area contributed by atoms with Crippen LogP contribution in [0.25, 0.3) is 10.8 Å². The molecule has 0 fully saturated rings. The zero-order chi connectivity index (χ0) is 22.7. The molecule has 0 spiro atoms. The first-order valence-electron chi connectivity index (χ1n) is 10.4. The molecule has 6 heteroatoms. The zero-order valence-electron chi connectivity index (χ0n) is 17.9. The monoisotopic (exact) mass is 444 g/mol. The Bertz CT molecular complexity index is 1360. The van der Waals surface area contributed by atoms with E-state index in [1.54, 1.807) is 72.8 Å². The highest BCUT2D eigenvalue weighted by atomic mass is 32.2. The number of carbonyl (C=O) groups is 1. The van der Waals surface area contributed by atoms with Crippen LogP contribution in [-0.4, -0.2) is 14.3 Å². The molecule has 0 atom stereocenters. The van der Waals surface area contributed by atoms with Crippen molar-refractivity contribution >= 4 is 38.1 Å². The number of amides is 1. The minimum absolute atomic E-state index is 0.152. The number of sulfonamides is 1. The van der Waals surface area contributed by atoms with Crippen molar-refractivity contribution < 1.29 is 13.2 Å². The summed E-state index contributed by atoms with van der Waals surface area (Å²) in [5.74, 6) is 0.109. The van der Waals surface area contributed by atoms with Crippen molar-refractivity contribution in [1.29, 1.82) is 0 Å². The number of benzene rings is 4. The molecule has 0 aliphatic carbocycles. The van der Waals surface area contributed by atoms with Gasteiger partial charge in [0.15, 0.2) is 0 Å². The molecule has 0 radical (unpaired) electrons. The van der Waals surface area contributed by atoms with E-state index in [-0.39, 0.29) is 10.8 Å². The summed E-state index contributed by atoms with van der Waals surface area (Å²) in [6.07, 6.45) is 0. The topological polar surface area (TPSA) is 75.3 Å². The lowest BCUT2D eigenvalue weighted by Gasteiger charge is -2.14. The Morgan fingerprint density at radius 1 is 0.750 bits per heavy atom. The van der Waals surface area contributed by atoms with Crippen LogP contribution in [0.4, 0.5) is 11.4 Å². The molecule has 0 bridgehead atoms. The number of hydrogen-bond acceptors (Lipinski definition) is 3. The van der Waals surface area contributed by atoms with Gasteiger partial charge in [0.1, 0.15) is 0 Å². The Kier molecular flexibility index (Phi) is 5.97. The van der Waals surface area contributed by atoms with E-state index in [1.807, 2.05) is 18.2 Å². The first-order chi connectivity index (χ1) is 15.3. The molecule has 0 aromatic heterocycles. The fraction of sp³-hybridized carbons (Fsp3) is 0.115. The standard InChI is InChI=1S/C26H24N2O3S/c1-18(2)19-14-16-21(17-15-19)28-32(30,31)25-13-7-10-22-23(25)11-6-12-24(22)27-26(29)20-8-4-3-5-9-20/h3-18,28H,1-2H3,(H,27,29). The van der Waals surface area contributed by atoms with E-state index in [4.69, 9.17) is 0 Å². The smallest absolute Gasteiger partial charge is 0.262 e. The van der Waals surface area contributed by atoms with E-state index in [9.17, 15) is 13.2 Å². The first-order valence-corrected chi connectivity index (χ1v) is 11.8. The molecule has 1 amide bonds. The largest absolute Gasteiger partial charge is 0.321 e. The Morgan fingerprint density at radius 3 is 2.09 bits per heavy atom. The zero-order valence-corrected chi connectivity index (χ0v) is 18.7. The lowest BCUT2D eigenvalue weighted by atomic mass is 10.0. The lowest BCUT2D eigenvalue weighted by Crippen LogP contribution is -2.14. The molecule has 0 aliphatic heterocycles. The van der Waals surface area contributed by atoms with Gasteiger partial charge in [0.25, 0.3) is 15.9 Å². The molecule has 0 heterocycles. The molecule has 4 aromatic rings. The third kappa shape index (κ3) is 4.50. The summed E-state index contributed by atoms with van der Waals surface area (Å²) in [4.78, 5) is 12.8. The Balaban J connectivity index is 1.67. The first kappa shape index (κ1) is 21.6. The summed E-state index contributed by atoms with van der Waals surface area (Å²) in [6, 6.07) is 26.5. The minimum atomic E-state index is -3.83. The van der Waals surface area contributed by atoms with Crippen molar-refractivity contribution in [2.24, 2.45) is 0 Å². The summed E-state index contributed by atoms with van der Waals surface area (Å²) in [6.45, 7) is 4.17. The molecule has 0 saturated heterocycles. The predicted octanol–water partition coefficient (Wildman–Crippen LogP) is 6.02. The highest BCUT2D eigenvalue weighted by molar-refractivity contribution is 7.93. The number of rotatable bonds is 6. The fourth-order valence-corrected chi connectivity index (χ4v) is 4.84. The van der Waals surface area contributed by atoms with Crippen LogP contribution in [0.1, 0.15) is 35.7 Å². The number of carbonyl (C=O) groups excluding carboxylic acids is 1. The maximum Gasteiger partial charge on any atom is 0.262 e. The Labute approximate surface area is 188 Å². The SMILES string of the molecule is CC(C)c1ccc(NS(=O)(=O)c2cccc3c(NC(=O)c4ccccc4)cccc23)cc1. The molecule has 4 aromatic carbocycles. The van der Waals surface area contributed by atoms with Gasteiger partial charge in [-0.3, -0.25) is 9.52 Å². The van der Waals surface area contributed by atoms with Crippen LogP contribution in [-0.2, 0) is 10.0 Å². The van der Waals surface area contributed by atoms with Gasteiger partial charge in [0.2, 0.25) is 0 Å². The average molecular weight is 445 g/mol. The normalized spacial score (nSPS) is 11.5. The number of fused-ring (bicyclic) bond motifs is 1. The minimum Gasteiger partial charge on any atom is -0.321 e. The van der Waals surface area contributed by atoms with Gasteiger partial charge in [0.05, 0.1) is 4.90 Å². The van der Waals surface area contributed by atoms with Crippen molar-refractivity contribution in [3.8, 4) is 0 Å². The highest BCUT2D eigenvalue weighted by Crippen LogP contribution is 2.30. The third-order valence-electron chi connectivity index (χ3n) is 5.29. The van der Waals surface area contributed by atoms with Crippen molar-refractivity contribution in [3.63, 3.8) is 0 Å². The summed E-state index contributed by atoms with van der Waals surface area (Å²) in [7, 11) is -3.83. The van der Waals surface area contributed by atoms with E-state index < -0.39 is 10.0 Å². The van der Waals surface area contributed by atoms with Crippen molar-refractivity contribution in [2.45, 2.75) is 24.7 Å². The molecule has 2 N–H and O–H groups in total. The molecular formula is C26H24N2O3S. The molecule has 5 nitrogen and oxygen atoms in total. The second-order valence-electron chi connectivity index (χ2n) is 7.86. The lowest BCUT2D eigenvalue weighted by molar-refractivity contribution is 0.102. The highest BCUT2D eigenvalue weighted by Gasteiger charge is 2.19. The van der Waals surface area contributed by atoms with Crippen LogP contribution >= 0.6 is 0 Å². The van der Waals surface area contributed by atoms with Crippen LogP contribution in [0, 0.1) is 0 Å². The quantitative estimate of drug-likeness (QED) is 0.382. The summed E-state index contributed by atoms with van der Waals surface area (Å²) in [5.41, 5.74) is 2.71. The molecule has 0 unspecified atom stereocenters. The Morgan fingerprint density at radius 2 is 1.41 bits per heavy atom. The fourth-order valence-electron chi connectivity index (χ4n) is 3.55. The average Bonchev–Trinajstić information content (AvgIpc) is 2.79. The van der Waals surface area contributed by atoms with E-state index in [0.717, 1.165) is 5.56 Å². The van der Waals surface area contributed by atoms with Gasteiger partial charge >= 0.3 is 0 Å². The van der Waals surface area contributed by atoms with Gasteiger partial charge in [-0.1, -0.05) is 68.4 Å². The molecule has 0 aliphatic rings. The van der Waals surface area contributed by atoms with Gasteiger partial charge < -0.3 is 5.32 Å². The Hall–Kier alpha value is -3.64. The second-order valence-corrected chi connectivity index (χ2v) is 9.51. The molecule has 0 saturated carbocycles. The summed E-state index contributed by atoms with van der Waals surface area (Å²) >= 11 is 0. The van der Waals surface area contributed by atoms with Crippen LogP contribution in [0.5, 0.6) is 0 Å².